The van der Waals surface area contributed by atoms with E-state index in [4.69, 9.17) is 41.0 Å². The molecular formula is C84H111ClN12O19S2. The third kappa shape index (κ3) is 24.5. The Bertz CT molecular complexity index is 4440. The molecular weight excluding hydrogens is 1580 g/mol. The maximum atomic E-state index is 15.2. The molecule has 31 nitrogen and oxygen atoms in total. The highest BCUT2D eigenvalue weighted by Gasteiger charge is 2.65. The Hall–Kier alpha value is -9.74. The number of H-pyrrole nitrogens is 1. The number of carbonyl (C=O) groups excluding carboxylic acids is 11. The summed E-state index contributed by atoms with van der Waals surface area (Å²) in [5.41, 5.74) is 7.02. The molecule has 0 unspecified atom stereocenters. The van der Waals surface area contributed by atoms with Gasteiger partial charge in [-0.15, -0.1) is 0 Å². The lowest BCUT2D eigenvalue weighted by molar-refractivity contribution is -0.162. The van der Waals surface area contributed by atoms with Crippen LogP contribution >= 0.6 is 33.2 Å². The van der Waals surface area contributed by atoms with E-state index in [0.29, 0.717) is 65.3 Å². The number of aromatic hydroxyl groups is 1. The van der Waals surface area contributed by atoms with E-state index in [1.807, 2.05) is 37.3 Å². The van der Waals surface area contributed by atoms with Gasteiger partial charge in [-0.3, -0.25) is 48.5 Å². The first-order valence-corrected chi connectivity index (χ1v) is 42.5. The smallest absolute Gasteiger partial charge is 0.409 e. The number of aliphatic hydroxyl groups is 2. The number of alkyl carbamates (subject to hydrolysis) is 1. The number of carbonyl (C=O) groups is 11. The zero-order valence-electron chi connectivity index (χ0n) is 68.2. The molecule has 3 saturated heterocycles. The van der Waals surface area contributed by atoms with E-state index in [0.717, 1.165) is 22.0 Å². The van der Waals surface area contributed by atoms with Crippen molar-refractivity contribution in [2.24, 2.45) is 11.7 Å². The second-order valence-corrected chi connectivity index (χ2v) is 33.8. The fraction of sp³-hybridized carbons (Fsp3) is 0.512. The summed E-state index contributed by atoms with van der Waals surface area (Å²) in [5, 5.41) is 53.7. The van der Waals surface area contributed by atoms with Crippen LogP contribution in [0.3, 0.4) is 0 Å². The summed E-state index contributed by atoms with van der Waals surface area (Å²) < 4.78 is 29.7. The molecule has 9 rings (SSSR count). The molecule has 640 valence electrons. The molecule has 4 aliphatic heterocycles. The number of nitrogens with one attached hydrogen (secondary N) is 8. The number of phenolic OH excluding ortho intramolecular Hbond substituents is 1. The number of nitrogens with two attached hydrogens (primary N) is 1. The minimum absolute atomic E-state index is 0.00912. The highest BCUT2D eigenvalue weighted by Crippen LogP contribution is 2.49. The number of unbranched alkanes of at least 4 members (excludes halogenated alkanes) is 2. The molecule has 0 radical (unpaired) electrons. The number of nitrogens with zero attached hydrogens (tertiary/aromatic N) is 3. The number of epoxide rings is 1. The summed E-state index contributed by atoms with van der Waals surface area (Å²) in [7, 11) is 9.94. The fourth-order valence-electron chi connectivity index (χ4n) is 14.8. The number of halogens is 1. The number of rotatable bonds is 28. The zero-order chi connectivity index (χ0) is 85.7. The number of aromatic nitrogens is 1. The summed E-state index contributed by atoms with van der Waals surface area (Å²) in [6, 6.07) is 15.8. The second kappa shape index (κ2) is 42.8. The summed E-state index contributed by atoms with van der Waals surface area (Å²) >= 11 is 6.88. The van der Waals surface area contributed by atoms with Crippen LogP contribution in [0, 0.1) is 5.92 Å². The van der Waals surface area contributed by atoms with Crippen LogP contribution in [0.5, 0.6) is 11.5 Å². The van der Waals surface area contributed by atoms with Crippen LogP contribution in [-0.4, -0.2) is 239 Å². The van der Waals surface area contributed by atoms with Gasteiger partial charge in [-0.25, -0.2) is 9.59 Å². The maximum absolute atomic E-state index is 15.2. The van der Waals surface area contributed by atoms with Crippen LogP contribution < -0.4 is 52.6 Å². The molecule has 34 heteroatoms. The molecule has 1 aromatic heterocycles. The minimum Gasteiger partial charge on any atom is -0.508 e. The van der Waals surface area contributed by atoms with Crippen molar-refractivity contribution in [1.82, 2.24) is 52.0 Å². The molecule has 0 saturated carbocycles. The minimum atomic E-state index is -1.92. The van der Waals surface area contributed by atoms with E-state index in [1.54, 1.807) is 86.8 Å². The fourth-order valence-corrected chi connectivity index (χ4v) is 17.1. The monoisotopic (exact) mass is 1690 g/mol. The van der Waals surface area contributed by atoms with E-state index in [9.17, 15) is 53.7 Å². The van der Waals surface area contributed by atoms with Gasteiger partial charge < -0.3 is 96.3 Å². The Labute approximate surface area is 699 Å². The summed E-state index contributed by atoms with van der Waals surface area (Å²) in [5.74, 6) is -6.68. The average Bonchev–Trinajstić information content (AvgIpc) is 1.57. The third-order valence-corrected chi connectivity index (χ3v) is 24.8. The highest BCUT2D eigenvalue weighted by atomic mass is 35.5. The number of ether oxygens (including phenoxy) is 5. The number of fused-ring (bicyclic) bond motifs is 6. The first kappa shape index (κ1) is 92.1. The first-order chi connectivity index (χ1) is 56.3. The van der Waals surface area contributed by atoms with Gasteiger partial charge in [-0.2, -0.15) is 0 Å². The molecule has 4 bridgehead atoms. The van der Waals surface area contributed by atoms with E-state index in [1.165, 1.54) is 97.6 Å². The number of benzene rings is 4. The molecule has 118 heavy (non-hydrogen) atoms. The van der Waals surface area contributed by atoms with Gasteiger partial charge in [0.1, 0.15) is 82.7 Å². The Morgan fingerprint density at radius 3 is 2.12 bits per heavy atom. The number of aromatic amines is 1. The lowest BCUT2D eigenvalue weighted by atomic mass is 9.83. The van der Waals surface area contributed by atoms with Crippen molar-refractivity contribution >= 4 is 115 Å². The van der Waals surface area contributed by atoms with Crippen LogP contribution in [0.2, 0.25) is 5.02 Å². The molecule has 0 aliphatic carbocycles. The van der Waals surface area contributed by atoms with Crippen LogP contribution in [0.15, 0.2) is 121 Å². The van der Waals surface area contributed by atoms with Crippen molar-refractivity contribution in [1.29, 1.82) is 0 Å². The van der Waals surface area contributed by atoms with Gasteiger partial charge in [0.25, 0.3) is 0 Å². The van der Waals surface area contributed by atoms with Gasteiger partial charge in [0.15, 0.2) is 5.72 Å². The van der Waals surface area contributed by atoms with E-state index in [-0.39, 0.29) is 87.6 Å². The van der Waals surface area contributed by atoms with Gasteiger partial charge in [0.05, 0.1) is 31.4 Å². The van der Waals surface area contributed by atoms with Gasteiger partial charge in [0.2, 0.25) is 53.2 Å². The Balaban J connectivity index is 0.837. The number of hydrogen-bond donors (Lipinski definition) is 12. The number of methoxy groups -OCH3 is 2. The predicted octanol–water partition coefficient (Wildman–Crippen LogP) is 5.65. The van der Waals surface area contributed by atoms with Gasteiger partial charge in [0, 0.05) is 108 Å². The largest absolute Gasteiger partial charge is 0.508 e. The van der Waals surface area contributed by atoms with Gasteiger partial charge in [-0.05, 0) is 132 Å². The number of hydrogen-bond acceptors (Lipinski definition) is 22. The second-order valence-electron chi connectivity index (χ2n) is 30.7. The van der Waals surface area contributed by atoms with E-state index in [2.05, 4.69) is 42.2 Å². The number of allylic oxidation sites excluding steroid dienone is 3. The highest BCUT2D eigenvalue weighted by molar-refractivity contribution is 8.76. The van der Waals surface area contributed by atoms with Crippen LogP contribution in [-0.2, 0) is 92.6 Å². The third-order valence-electron chi connectivity index (χ3n) is 22.0. The van der Waals surface area contributed by atoms with Crippen molar-refractivity contribution in [2.45, 2.75) is 209 Å². The first-order valence-electron chi connectivity index (χ1n) is 39.7. The lowest BCUT2D eigenvalue weighted by Gasteiger charge is -2.42. The molecule has 13 N–H and O–H groups in total. The average molecular weight is 1690 g/mol. The normalized spacial score (nSPS) is 26.4. The van der Waals surface area contributed by atoms with Crippen molar-refractivity contribution < 1.29 is 91.7 Å². The Morgan fingerprint density at radius 1 is 0.788 bits per heavy atom. The summed E-state index contributed by atoms with van der Waals surface area (Å²) in [6.07, 6.45) is 1.31. The molecule has 5 heterocycles. The number of esters is 1. The molecule has 10 amide bonds. The molecule has 15 atom stereocenters. The number of anilines is 1. The molecule has 4 aromatic carbocycles. The van der Waals surface area contributed by atoms with Crippen LogP contribution in [0.1, 0.15) is 121 Å². The van der Waals surface area contributed by atoms with E-state index < -0.39 is 156 Å². The maximum Gasteiger partial charge on any atom is 0.409 e. The standard InChI is InChI=1S/C84H111ClN12O19S2/c1-48-21-20-28-67(113-10)84(111)46-66(114-82(110)94-84)49(2)74-83(5,116-74)68(45-71(102)96(7)64-42-54(39-48)43-65(112-9)72(64)85)115-81(109)50(3)95(6)70(101)34-38-118-117-37-33-69(100)87-36-19-17-27-63-78(106)91-60(40-53-29-31-56(99)32-30-53)76(104)90-61(44-55-47-88-58-25-15-14-24-57(55)58)77(105)89-59(26-16-18-35-86)75(103)93-73(51(4)98)79(107)92-62(80(108)97(63)8)41-52-22-12-11-13-23-52/h11-15,20-25,28-32,42-43,47,49-51,59-63,66-68,73-74,88,98-99,111H,16-19,26-27,33-41,44-46,86H2,1-10H3,(H,87,100)(H,89,105)(H,90,104)(H,91,106)(H,92,107)(H,93,103)(H,94,110)/b28-20+,48-21+/t49-,50+,51-,59+,60+,61-,62+,63+,66+,67-,68+,73+,74+,83+,84+/m1/s1. The number of aliphatic hydroxyl groups excluding tert-OH is 1. The number of likely N-dealkylation sites (N-methyl/N-ethyl adjacent to an activating group) is 2. The number of para-hydroxylation sites is 1. The van der Waals surface area contributed by atoms with E-state index >= 15 is 14.4 Å². The molecule has 0 spiro atoms. The summed E-state index contributed by atoms with van der Waals surface area (Å²) in [4.78, 5) is 166. The predicted molar refractivity (Wildman–Crippen MR) is 447 cm³/mol. The quantitative estimate of drug-likeness (QED) is 0.0124. The van der Waals surface area contributed by atoms with Gasteiger partial charge in [-0.1, -0.05) is 125 Å². The topological polar surface area (TPSA) is 434 Å². The number of phenols is 1. The molecule has 4 aliphatic rings. The SMILES string of the molecule is COc1cc2cc(c1Cl)N(C)C(=O)C[C@H](OC(=O)[C@H](C)N(C)C(=O)CCSSCCC(=O)NCCCC[C@H]1C(=O)N[C@@H](Cc3ccc(O)cc3)C(=O)N[C@H](Cc3c[nH]c4ccccc34)C(=O)N[C@@H](CCCCN)C(=O)N[C@@H]([C@@H](C)O)C(=O)N[C@@H](Cc3ccccc3)C(=O)N1C)[C@]1(C)O[C@H]1[C@H](C)[C@@H]1C[C@@](O)(NC(=O)O1)[C@H](OC)/C=C/C=C(\C)C2. The van der Waals surface area contributed by atoms with Crippen molar-refractivity contribution in [3.8, 4) is 11.5 Å². The Morgan fingerprint density at radius 2 is 1.42 bits per heavy atom. The molecule has 5 aromatic rings. The van der Waals surface area contributed by atoms with Gasteiger partial charge >= 0.3 is 12.1 Å². The van der Waals surface area contributed by atoms with Crippen molar-refractivity contribution in [3.63, 3.8) is 0 Å². The van der Waals surface area contributed by atoms with Crippen molar-refractivity contribution in [2.75, 3.05) is 64.9 Å². The Kier molecular flexibility index (Phi) is 33.4. The lowest BCUT2D eigenvalue weighted by Crippen LogP contribution is -2.63. The van der Waals surface area contributed by atoms with Crippen molar-refractivity contribution in [3.05, 3.63) is 148 Å². The summed E-state index contributed by atoms with van der Waals surface area (Å²) in [6.45, 7) is 8.52. The van der Waals surface area contributed by atoms with Crippen LogP contribution in [0.4, 0.5) is 10.5 Å². The van der Waals surface area contributed by atoms with Crippen LogP contribution in [0.25, 0.3) is 10.9 Å². The molecule has 3 fully saturated rings. The zero-order valence-corrected chi connectivity index (χ0v) is 70.6. The number of amides is 10.